The van der Waals surface area contributed by atoms with Crippen molar-refractivity contribution in [2.75, 3.05) is 39.9 Å². The second-order valence-electron chi connectivity index (χ2n) is 6.73. The van der Waals surface area contributed by atoms with E-state index >= 15 is 0 Å². The predicted octanol–water partition coefficient (Wildman–Crippen LogP) is 1.75. The molecular formula is C18H25F3N2O4. The van der Waals surface area contributed by atoms with E-state index in [1.165, 1.54) is 11.1 Å². The van der Waals surface area contributed by atoms with Crippen LogP contribution in [0.4, 0.5) is 13.2 Å². The van der Waals surface area contributed by atoms with Gasteiger partial charge in [0.1, 0.15) is 5.75 Å². The number of carboxylic acid groups (broad SMARTS) is 1. The molecule has 0 spiro atoms. The van der Waals surface area contributed by atoms with Crippen LogP contribution in [0.1, 0.15) is 17.5 Å². The number of fused-ring (bicyclic) bond motifs is 1. The number of likely N-dealkylation sites (N-methyl/N-ethyl adjacent to an activating group) is 1. The molecule has 27 heavy (non-hydrogen) atoms. The van der Waals surface area contributed by atoms with Crippen LogP contribution in [-0.4, -0.2) is 78.1 Å². The number of aliphatic hydroxyl groups is 1. The first-order valence-corrected chi connectivity index (χ1v) is 8.79. The standard InChI is InChI=1S/C16H24N2O2.C2HF3O2/c1-17-6-7-18(12-15(17)4-8-19)11-13-2-3-16-14(10-13)5-9-20-16;3-2(4,5)1(6)7/h2-3,10,15,19H,4-9,11-12H2,1H3;(H,6,7). The number of alkyl halides is 3. The number of carbonyl (C=O) groups is 1. The fourth-order valence-corrected chi connectivity index (χ4v) is 3.21. The molecule has 152 valence electrons. The Hall–Kier alpha value is -1.84. The molecule has 0 radical (unpaired) electrons. The molecule has 2 heterocycles. The Kier molecular flexibility index (Phi) is 7.46. The van der Waals surface area contributed by atoms with Gasteiger partial charge in [-0.25, -0.2) is 4.79 Å². The molecule has 9 heteroatoms. The van der Waals surface area contributed by atoms with Crippen molar-refractivity contribution in [3.05, 3.63) is 29.3 Å². The van der Waals surface area contributed by atoms with Crippen molar-refractivity contribution < 1.29 is 32.9 Å². The minimum atomic E-state index is -5.08. The molecule has 6 nitrogen and oxygen atoms in total. The van der Waals surface area contributed by atoms with Crippen LogP contribution in [0.2, 0.25) is 0 Å². The van der Waals surface area contributed by atoms with E-state index in [9.17, 15) is 13.2 Å². The molecule has 2 aliphatic rings. The Morgan fingerprint density at radius 2 is 2.04 bits per heavy atom. The molecule has 0 amide bonds. The summed E-state index contributed by atoms with van der Waals surface area (Å²) >= 11 is 0. The van der Waals surface area contributed by atoms with Gasteiger partial charge in [0.2, 0.25) is 0 Å². The summed E-state index contributed by atoms with van der Waals surface area (Å²) in [5.41, 5.74) is 2.73. The van der Waals surface area contributed by atoms with E-state index in [4.69, 9.17) is 19.7 Å². The molecule has 2 N–H and O–H groups in total. The molecule has 3 rings (SSSR count). The molecule has 0 aromatic heterocycles. The Labute approximate surface area is 156 Å². The van der Waals surface area contributed by atoms with Crippen LogP contribution in [0.25, 0.3) is 0 Å². The van der Waals surface area contributed by atoms with Gasteiger partial charge in [-0.1, -0.05) is 12.1 Å². The van der Waals surface area contributed by atoms with Crippen molar-refractivity contribution >= 4 is 5.97 Å². The first-order chi connectivity index (χ1) is 12.7. The van der Waals surface area contributed by atoms with E-state index in [1.807, 2.05) is 0 Å². The molecular weight excluding hydrogens is 365 g/mol. The third-order valence-corrected chi connectivity index (χ3v) is 4.73. The Morgan fingerprint density at radius 1 is 1.33 bits per heavy atom. The average molecular weight is 390 g/mol. The molecule has 0 aliphatic carbocycles. The number of rotatable bonds is 4. The van der Waals surface area contributed by atoms with Crippen LogP contribution < -0.4 is 4.74 Å². The minimum Gasteiger partial charge on any atom is -0.493 e. The van der Waals surface area contributed by atoms with Crippen molar-refractivity contribution in [3.63, 3.8) is 0 Å². The molecule has 1 aromatic rings. The summed E-state index contributed by atoms with van der Waals surface area (Å²) in [7, 11) is 2.16. The minimum absolute atomic E-state index is 0.277. The fourth-order valence-electron chi connectivity index (χ4n) is 3.21. The summed E-state index contributed by atoms with van der Waals surface area (Å²) in [6.07, 6.45) is -3.18. The maximum absolute atomic E-state index is 10.6. The van der Waals surface area contributed by atoms with Crippen LogP contribution in [-0.2, 0) is 17.8 Å². The number of piperazine rings is 1. The fraction of sp³-hybridized carbons (Fsp3) is 0.611. The number of benzene rings is 1. The van der Waals surface area contributed by atoms with Gasteiger partial charge in [-0.3, -0.25) is 4.90 Å². The second-order valence-corrected chi connectivity index (χ2v) is 6.73. The third kappa shape index (κ3) is 6.37. The van der Waals surface area contributed by atoms with Gasteiger partial charge in [0, 0.05) is 45.2 Å². The number of ether oxygens (including phenoxy) is 1. The average Bonchev–Trinajstić information content (AvgIpc) is 3.05. The molecule has 0 bridgehead atoms. The van der Waals surface area contributed by atoms with Crippen molar-refractivity contribution in [2.24, 2.45) is 0 Å². The van der Waals surface area contributed by atoms with Gasteiger partial charge in [-0.15, -0.1) is 0 Å². The number of aliphatic hydroxyl groups excluding tert-OH is 1. The van der Waals surface area contributed by atoms with E-state index in [0.717, 1.165) is 51.4 Å². The summed E-state index contributed by atoms with van der Waals surface area (Å²) in [5.74, 6) is -1.70. The van der Waals surface area contributed by atoms with Crippen molar-refractivity contribution in [2.45, 2.75) is 31.6 Å². The van der Waals surface area contributed by atoms with Crippen molar-refractivity contribution in [1.82, 2.24) is 9.80 Å². The van der Waals surface area contributed by atoms with E-state index in [1.54, 1.807) is 0 Å². The number of aliphatic carboxylic acids is 1. The number of carboxylic acids is 1. The molecule has 1 atom stereocenters. The molecule has 0 saturated carbocycles. The zero-order chi connectivity index (χ0) is 20.0. The summed E-state index contributed by atoms with van der Waals surface area (Å²) in [4.78, 5) is 13.8. The highest BCUT2D eigenvalue weighted by molar-refractivity contribution is 5.73. The van der Waals surface area contributed by atoms with Crippen LogP contribution in [0.5, 0.6) is 5.75 Å². The maximum Gasteiger partial charge on any atom is 0.490 e. The van der Waals surface area contributed by atoms with Gasteiger partial charge < -0.3 is 19.8 Å². The Balaban J connectivity index is 0.000000321. The lowest BCUT2D eigenvalue weighted by Gasteiger charge is -2.39. The largest absolute Gasteiger partial charge is 0.493 e. The molecule has 1 aromatic carbocycles. The normalized spacial score (nSPS) is 20.4. The Bertz CT molecular complexity index is 640. The smallest absolute Gasteiger partial charge is 0.490 e. The predicted molar refractivity (Wildman–Crippen MR) is 92.7 cm³/mol. The van der Waals surface area contributed by atoms with E-state index in [2.05, 4.69) is 35.0 Å². The lowest BCUT2D eigenvalue weighted by Crippen LogP contribution is -2.51. The zero-order valence-electron chi connectivity index (χ0n) is 15.2. The highest BCUT2D eigenvalue weighted by atomic mass is 19.4. The molecule has 1 fully saturated rings. The van der Waals surface area contributed by atoms with Gasteiger partial charge in [0.05, 0.1) is 6.61 Å². The first-order valence-electron chi connectivity index (χ1n) is 8.79. The van der Waals surface area contributed by atoms with Gasteiger partial charge in [-0.2, -0.15) is 13.2 Å². The van der Waals surface area contributed by atoms with Gasteiger partial charge in [-0.05, 0) is 30.7 Å². The van der Waals surface area contributed by atoms with Crippen LogP contribution in [0.3, 0.4) is 0 Å². The lowest BCUT2D eigenvalue weighted by molar-refractivity contribution is -0.192. The van der Waals surface area contributed by atoms with E-state index in [0.29, 0.717) is 6.04 Å². The monoisotopic (exact) mass is 390 g/mol. The van der Waals surface area contributed by atoms with Gasteiger partial charge in [0.15, 0.2) is 0 Å². The SMILES string of the molecule is CN1CCN(Cc2ccc3c(c2)CCO3)CC1CCO.O=C(O)C(F)(F)F. The van der Waals surface area contributed by atoms with Crippen LogP contribution in [0.15, 0.2) is 18.2 Å². The summed E-state index contributed by atoms with van der Waals surface area (Å²) in [6, 6.07) is 7.07. The highest BCUT2D eigenvalue weighted by Gasteiger charge is 2.38. The molecule has 1 saturated heterocycles. The Morgan fingerprint density at radius 3 is 2.67 bits per heavy atom. The van der Waals surface area contributed by atoms with Crippen LogP contribution in [0, 0.1) is 0 Å². The van der Waals surface area contributed by atoms with E-state index in [-0.39, 0.29) is 6.61 Å². The quantitative estimate of drug-likeness (QED) is 0.816. The van der Waals surface area contributed by atoms with Gasteiger partial charge >= 0.3 is 12.1 Å². The first kappa shape index (κ1) is 21.5. The highest BCUT2D eigenvalue weighted by Crippen LogP contribution is 2.26. The lowest BCUT2D eigenvalue weighted by atomic mass is 10.1. The summed E-state index contributed by atoms with van der Waals surface area (Å²) in [5, 5.41) is 16.3. The number of halogens is 3. The summed E-state index contributed by atoms with van der Waals surface area (Å²) < 4.78 is 37.3. The zero-order valence-corrected chi connectivity index (χ0v) is 15.2. The van der Waals surface area contributed by atoms with E-state index < -0.39 is 12.1 Å². The van der Waals surface area contributed by atoms with Crippen LogP contribution >= 0.6 is 0 Å². The maximum atomic E-state index is 10.6. The number of hydrogen-bond donors (Lipinski definition) is 2. The summed E-state index contributed by atoms with van der Waals surface area (Å²) in [6.45, 7) is 5.34. The molecule has 2 aliphatic heterocycles. The number of nitrogens with zero attached hydrogens (tertiary/aromatic N) is 2. The topological polar surface area (TPSA) is 73.2 Å². The molecule has 1 unspecified atom stereocenters. The third-order valence-electron chi connectivity index (χ3n) is 4.73. The van der Waals surface area contributed by atoms with Gasteiger partial charge in [0.25, 0.3) is 0 Å². The van der Waals surface area contributed by atoms with Crippen molar-refractivity contribution in [3.8, 4) is 5.75 Å². The second kappa shape index (κ2) is 9.38. The number of hydrogen-bond acceptors (Lipinski definition) is 5. The van der Waals surface area contributed by atoms with Crippen molar-refractivity contribution in [1.29, 1.82) is 0 Å².